The van der Waals surface area contributed by atoms with Crippen LogP contribution in [0.2, 0.25) is 0 Å². The molecule has 1 nitrogen and oxygen atoms in total. The predicted octanol–water partition coefficient (Wildman–Crippen LogP) is 3.69. The van der Waals surface area contributed by atoms with Crippen LogP contribution in [0.1, 0.15) is 11.1 Å². The van der Waals surface area contributed by atoms with E-state index in [1.54, 1.807) is 12.1 Å². The molecular formula is C14H14FN. The average Bonchev–Trinajstić information content (AvgIpc) is 2.26. The lowest BCUT2D eigenvalue weighted by molar-refractivity contribution is 0.628. The molecule has 0 aliphatic heterocycles. The summed E-state index contributed by atoms with van der Waals surface area (Å²) in [6.45, 7) is 3.92. The second-order valence-electron chi connectivity index (χ2n) is 3.98. The maximum Gasteiger partial charge on any atom is 0.123 e. The molecule has 0 unspecified atom stereocenters. The Hall–Kier alpha value is -1.83. The minimum absolute atomic E-state index is 0.220. The Morgan fingerprint density at radius 3 is 2.50 bits per heavy atom. The van der Waals surface area contributed by atoms with Gasteiger partial charge in [0.1, 0.15) is 5.82 Å². The molecular weight excluding hydrogens is 201 g/mol. The minimum Gasteiger partial charge on any atom is -0.398 e. The SMILES string of the molecule is Cc1ccc(F)cc1-c1cccc(N)c1C. The fourth-order valence-electron chi connectivity index (χ4n) is 1.83. The largest absolute Gasteiger partial charge is 0.398 e. The molecule has 0 fully saturated rings. The summed E-state index contributed by atoms with van der Waals surface area (Å²) in [5.74, 6) is -0.220. The van der Waals surface area contributed by atoms with Crippen molar-refractivity contribution in [3.63, 3.8) is 0 Å². The fraction of sp³-hybridized carbons (Fsp3) is 0.143. The number of rotatable bonds is 1. The quantitative estimate of drug-likeness (QED) is 0.721. The molecule has 0 heterocycles. The smallest absolute Gasteiger partial charge is 0.123 e. The first-order valence-corrected chi connectivity index (χ1v) is 5.21. The Labute approximate surface area is 94.7 Å². The summed E-state index contributed by atoms with van der Waals surface area (Å²) in [5.41, 5.74) is 10.5. The van der Waals surface area contributed by atoms with E-state index in [9.17, 15) is 4.39 Å². The van der Waals surface area contributed by atoms with Crippen molar-refractivity contribution in [1.82, 2.24) is 0 Å². The van der Waals surface area contributed by atoms with Crippen molar-refractivity contribution < 1.29 is 4.39 Å². The van der Waals surface area contributed by atoms with Crippen molar-refractivity contribution in [2.45, 2.75) is 13.8 Å². The summed E-state index contributed by atoms with van der Waals surface area (Å²) in [4.78, 5) is 0. The Kier molecular flexibility index (Phi) is 2.65. The van der Waals surface area contributed by atoms with Gasteiger partial charge in [-0.25, -0.2) is 4.39 Å². The molecule has 2 N–H and O–H groups in total. The number of halogens is 1. The highest BCUT2D eigenvalue weighted by molar-refractivity contribution is 5.74. The molecule has 0 aliphatic rings. The van der Waals surface area contributed by atoms with Crippen LogP contribution in [0.5, 0.6) is 0 Å². The van der Waals surface area contributed by atoms with Crippen LogP contribution >= 0.6 is 0 Å². The number of aryl methyl sites for hydroxylation is 1. The van der Waals surface area contributed by atoms with Gasteiger partial charge in [0, 0.05) is 5.69 Å². The van der Waals surface area contributed by atoms with Gasteiger partial charge in [-0.05, 0) is 54.3 Å². The molecule has 16 heavy (non-hydrogen) atoms. The lowest BCUT2D eigenvalue weighted by atomic mass is 9.96. The summed E-state index contributed by atoms with van der Waals surface area (Å²) < 4.78 is 13.2. The van der Waals surface area contributed by atoms with Gasteiger partial charge in [-0.2, -0.15) is 0 Å². The third-order valence-corrected chi connectivity index (χ3v) is 2.87. The molecule has 0 aliphatic carbocycles. The number of benzene rings is 2. The van der Waals surface area contributed by atoms with Gasteiger partial charge in [0.15, 0.2) is 0 Å². The van der Waals surface area contributed by atoms with Gasteiger partial charge in [-0.1, -0.05) is 18.2 Å². The van der Waals surface area contributed by atoms with E-state index in [-0.39, 0.29) is 5.82 Å². The molecule has 2 aromatic rings. The van der Waals surface area contributed by atoms with E-state index in [1.807, 2.05) is 32.0 Å². The van der Waals surface area contributed by atoms with E-state index in [1.165, 1.54) is 6.07 Å². The third kappa shape index (κ3) is 1.78. The number of anilines is 1. The zero-order valence-corrected chi connectivity index (χ0v) is 9.42. The summed E-state index contributed by atoms with van der Waals surface area (Å²) >= 11 is 0. The van der Waals surface area contributed by atoms with Crippen molar-refractivity contribution in [2.75, 3.05) is 5.73 Å². The molecule has 0 spiro atoms. The third-order valence-electron chi connectivity index (χ3n) is 2.87. The highest BCUT2D eigenvalue weighted by atomic mass is 19.1. The molecule has 2 heteroatoms. The van der Waals surface area contributed by atoms with Gasteiger partial charge in [0.2, 0.25) is 0 Å². The van der Waals surface area contributed by atoms with Crippen LogP contribution in [0.3, 0.4) is 0 Å². The summed E-state index contributed by atoms with van der Waals surface area (Å²) in [6.07, 6.45) is 0. The van der Waals surface area contributed by atoms with E-state index in [4.69, 9.17) is 5.73 Å². The first-order chi connectivity index (χ1) is 7.59. The standard InChI is InChI=1S/C14H14FN/c1-9-6-7-11(15)8-13(9)12-4-3-5-14(16)10(12)2/h3-8H,16H2,1-2H3. The van der Waals surface area contributed by atoms with E-state index in [0.29, 0.717) is 0 Å². The minimum atomic E-state index is -0.220. The number of hydrogen-bond donors (Lipinski definition) is 1. The number of nitrogen functional groups attached to an aromatic ring is 1. The van der Waals surface area contributed by atoms with Crippen LogP contribution in [0.4, 0.5) is 10.1 Å². The first-order valence-electron chi connectivity index (χ1n) is 5.21. The van der Waals surface area contributed by atoms with Crippen LogP contribution in [0.25, 0.3) is 11.1 Å². The molecule has 2 rings (SSSR count). The topological polar surface area (TPSA) is 26.0 Å². The molecule has 0 bridgehead atoms. The Morgan fingerprint density at radius 1 is 1.00 bits per heavy atom. The van der Waals surface area contributed by atoms with Crippen LogP contribution in [-0.2, 0) is 0 Å². The molecule has 82 valence electrons. The summed E-state index contributed by atoms with van der Waals surface area (Å²) in [7, 11) is 0. The van der Waals surface area contributed by atoms with Gasteiger partial charge < -0.3 is 5.73 Å². The Balaban J connectivity index is 2.67. The van der Waals surface area contributed by atoms with Crippen molar-refractivity contribution in [1.29, 1.82) is 0 Å². The van der Waals surface area contributed by atoms with Crippen LogP contribution in [-0.4, -0.2) is 0 Å². The van der Waals surface area contributed by atoms with Crippen LogP contribution < -0.4 is 5.73 Å². The Bertz CT molecular complexity index is 532. The van der Waals surface area contributed by atoms with Crippen molar-refractivity contribution in [2.24, 2.45) is 0 Å². The summed E-state index contributed by atoms with van der Waals surface area (Å²) in [6, 6.07) is 10.5. The van der Waals surface area contributed by atoms with Gasteiger partial charge in [-0.15, -0.1) is 0 Å². The zero-order chi connectivity index (χ0) is 11.7. The lowest BCUT2D eigenvalue weighted by Gasteiger charge is -2.11. The zero-order valence-electron chi connectivity index (χ0n) is 9.42. The van der Waals surface area contributed by atoms with Gasteiger partial charge >= 0.3 is 0 Å². The predicted molar refractivity (Wildman–Crippen MR) is 65.7 cm³/mol. The number of hydrogen-bond acceptors (Lipinski definition) is 1. The second kappa shape index (κ2) is 3.97. The molecule has 0 saturated carbocycles. The van der Waals surface area contributed by atoms with Crippen molar-refractivity contribution in [3.8, 4) is 11.1 Å². The molecule has 0 aromatic heterocycles. The highest BCUT2D eigenvalue weighted by Crippen LogP contribution is 2.29. The van der Waals surface area contributed by atoms with E-state index < -0.39 is 0 Å². The molecule has 0 radical (unpaired) electrons. The van der Waals surface area contributed by atoms with E-state index >= 15 is 0 Å². The highest BCUT2D eigenvalue weighted by Gasteiger charge is 2.07. The van der Waals surface area contributed by atoms with Crippen molar-refractivity contribution in [3.05, 3.63) is 53.3 Å². The fourth-order valence-corrected chi connectivity index (χ4v) is 1.83. The summed E-state index contributed by atoms with van der Waals surface area (Å²) in [5, 5.41) is 0. The molecule has 0 saturated heterocycles. The molecule has 2 aromatic carbocycles. The van der Waals surface area contributed by atoms with Crippen LogP contribution in [0.15, 0.2) is 36.4 Å². The van der Waals surface area contributed by atoms with Gasteiger partial charge in [-0.3, -0.25) is 0 Å². The van der Waals surface area contributed by atoms with Crippen LogP contribution in [0, 0.1) is 19.7 Å². The van der Waals surface area contributed by atoms with Gasteiger partial charge in [0.25, 0.3) is 0 Å². The normalized spacial score (nSPS) is 10.4. The molecule has 0 amide bonds. The van der Waals surface area contributed by atoms with Crippen molar-refractivity contribution >= 4 is 5.69 Å². The lowest BCUT2D eigenvalue weighted by Crippen LogP contribution is -1.93. The monoisotopic (exact) mass is 215 g/mol. The maximum atomic E-state index is 13.2. The number of nitrogens with two attached hydrogens (primary N) is 1. The average molecular weight is 215 g/mol. The van der Waals surface area contributed by atoms with E-state index in [0.717, 1.165) is 27.9 Å². The first kappa shape index (κ1) is 10.7. The van der Waals surface area contributed by atoms with Gasteiger partial charge in [0.05, 0.1) is 0 Å². The molecule has 0 atom stereocenters. The van der Waals surface area contributed by atoms with E-state index in [2.05, 4.69) is 0 Å². The maximum absolute atomic E-state index is 13.2. The second-order valence-corrected chi connectivity index (χ2v) is 3.98. The Morgan fingerprint density at radius 2 is 1.75 bits per heavy atom.